The van der Waals surface area contributed by atoms with Crippen LogP contribution >= 0.6 is 0 Å². The first-order valence-electron chi connectivity index (χ1n) is 10.3. The van der Waals surface area contributed by atoms with Crippen molar-refractivity contribution >= 4 is 17.8 Å². The minimum absolute atomic E-state index is 0.0714. The van der Waals surface area contributed by atoms with Crippen molar-refractivity contribution < 1.29 is 23.9 Å². The van der Waals surface area contributed by atoms with Gasteiger partial charge in [-0.1, -0.05) is 0 Å². The van der Waals surface area contributed by atoms with E-state index in [-0.39, 0.29) is 24.4 Å². The summed E-state index contributed by atoms with van der Waals surface area (Å²) in [4.78, 5) is 42.9. The van der Waals surface area contributed by atoms with E-state index in [9.17, 15) is 14.4 Å². The highest BCUT2D eigenvalue weighted by atomic mass is 16.5. The molecule has 0 radical (unpaired) electrons. The van der Waals surface area contributed by atoms with Crippen LogP contribution < -0.4 is 14.8 Å². The standard InChI is InChI=1S/C21H30N4O5/c1-29-17-12-16(13-18(14-17)30-2)20(27)22-15-19(26)23-8-10-25(11-9-23)21(28)24-6-4-3-5-7-24/h12-14H,3-11,15H2,1-2H3,(H,22,27). The first-order valence-corrected chi connectivity index (χ1v) is 10.3. The lowest BCUT2D eigenvalue weighted by atomic mass is 10.1. The first-order chi connectivity index (χ1) is 14.5. The number of nitrogens with zero attached hydrogens (tertiary/aromatic N) is 3. The van der Waals surface area contributed by atoms with Crippen LogP contribution in [0, 0.1) is 0 Å². The molecule has 1 aromatic carbocycles. The summed E-state index contributed by atoms with van der Waals surface area (Å²) in [7, 11) is 3.02. The molecule has 4 amide bonds. The van der Waals surface area contributed by atoms with Gasteiger partial charge in [-0.05, 0) is 31.4 Å². The van der Waals surface area contributed by atoms with Crippen LogP contribution in [0.5, 0.6) is 11.5 Å². The van der Waals surface area contributed by atoms with Crippen LogP contribution in [-0.2, 0) is 4.79 Å². The van der Waals surface area contributed by atoms with E-state index in [0.717, 1.165) is 25.9 Å². The van der Waals surface area contributed by atoms with Crippen LogP contribution in [0.1, 0.15) is 29.6 Å². The molecular weight excluding hydrogens is 388 g/mol. The second-order valence-corrected chi connectivity index (χ2v) is 7.48. The zero-order valence-corrected chi connectivity index (χ0v) is 17.7. The van der Waals surface area contributed by atoms with Crippen LogP contribution in [0.3, 0.4) is 0 Å². The zero-order chi connectivity index (χ0) is 21.5. The largest absolute Gasteiger partial charge is 0.497 e. The van der Waals surface area contributed by atoms with E-state index in [4.69, 9.17) is 9.47 Å². The molecule has 0 bridgehead atoms. The molecule has 0 aliphatic carbocycles. The molecule has 2 saturated heterocycles. The summed E-state index contributed by atoms with van der Waals surface area (Å²) in [6, 6.07) is 4.93. The molecule has 2 aliphatic heterocycles. The number of benzene rings is 1. The average molecular weight is 418 g/mol. The summed E-state index contributed by atoms with van der Waals surface area (Å²) in [6.07, 6.45) is 3.30. The molecule has 0 atom stereocenters. The average Bonchev–Trinajstić information content (AvgIpc) is 2.82. The molecule has 30 heavy (non-hydrogen) atoms. The van der Waals surface area contributed by atoms with Crippen LogP contribution in [0.2, 0.25) is 0 Å². The highest BCUT2D eigenvalue weighted by Gasteiger charge is 2.28. The predicted octanol–water partition coefficient (Wildman–Crippen LogP) is 1.18. The van der Waals surface area contributed by atoms with E-state index < -0.39 is 0 Å². The van der Waals surface area contributed by atoms with E-state index in [1.54, 1.807) is 23.1 Å². The number of carbonyl (C=O) groups excluding carboxylic acids is 3. The van der Waals surface area contributed by atoms with Crippen LogP contribution in [-0.4, -0.2) is 92.6 Å². The van der Waals surface area contributed by atoms with Gasteiger partial charge in [-0.2, -0.15) is 0 Å². The number of ether oxygens (including phenoxy) is 2. The fourth-order valence-electron chi connectivity index (χ4n) is 3.74. The van der Waals surface area contributed by atoms with E-state index in [0.29, 0.717) is 43.2 Å². The molecule has 1 aromatic rings. The Morgan fingerprint density at radius 3 is 1.90 bits per heavy atom. The summed E-state index contributed by atoms with van der Waals surface area (Å²) in [5.74, 6) is 0.461. The normalized spacial score (nSPS) is 16.8. The number of amides is 4. The third-order valence-corrected chi connectivity index (χ3v) is 5.54. The lowest BCUT2D eigenvalue weighted by Crippen LogP contribution is -2.55. The van der Waals surface area contributed by atoms with Gasteiger partial charge in [-0.3, -0.25) is 9.59 Å². The fourth-order valence-corrected chi connectivity index (χ4v) is 3.74. The fraction of sp³-hybridized carbons (Fsp3) is 0.571. The Morgan fingerprint density at radius 1 is 0.800 bits per heavy atom. The smallest absolute Gasteiger partial charge is 0.320 e. The quantitative estimate of drug-likeness (QED) is 0.776. The maximum absolute atomic E-state index is 12.6. The molecule has 0 aromatic heterocycles. The van der Waals surface area contributed by atoms with Gasteiger partial charge in [0.2, 0.25) is 5.91 Å². The number of rotatable bonds is 5. The second kappa shape index (κ2) is 10.2. The Kier molecular flexibility index (Phi) is 7.37. The van der Waals surface area contributed by atoms with Gasteiger partial charge in [-0.15, -0.1) is 0 Å². The molecule has 0 spiro atoms. The van der Waals surface area contributed by atoms with Crippen molar-refractivity contribution in [2.24, 2.45) is 0 Å². The molecule has 2 heterocycles. The van der Waals surface area contributed by atoms with Crippen molar-refractivity contribution in [2.75, 3.05) is 60.0 Å². The Hall–Kier alpha value is -2.97. The van der Waals surface area contributed by atoms with E-state index in [2.05, 4.69) is 5.32 Å². The SMILES string of the molecule is COc1cc(OC)cc(C(=O)NCC(=O)N2CCN(C(=O)N3CCCCC3)CC2)c1. The summed E-state index contributed by atoms with van der Waals surface area (Å²) < 4.78 is 10.3. The second-order valence-electron chi connectivity index (χ2n) is 7.48. The van der Waals surface area contributed by atoms with E-state index >= 15 is 0 Å². The number of hydrogen-bond acceptors (Lipinski definition) is 5. The predicted molar refractivity (Wildman–Crippen MR) is 111 cm³/mol. The Balaban J connectivity index is 1.47. The molecule has 9 heteroatoms. The summed E-state index contributed by atoms with van der Waals surface area (Å²) >= 11 is 0. The number of likely N-dealkylation sites (tertiary alicyclic amines) is 1. The molecule has 9 nitrogen and oxygen atoms in total. The molecule has 2 fully saturated rings. The van der Waals surface area contributed by atoms with E-state index in [1.165, 1.54) is 20.6 Å². The van der Waals surface area contributed by atoms with Gasteiger partial charge in [0.25, 0.3) is 5.91 Å². The third-order valence-electron chi connectivity index (χ3n) is 5.54. The molecule has 1 N–H and O–H groups in total. The summed E-state index contributed by atoms with van der Waals surface area (Å²) in [6.45, 7) is 3.52. The highest BCUT2D eigenvalue weighted by Crippen LogP contribution is 2.22. The molecule has 164 valence electrons. The van der Waals surface area contributed by atoms with Crippen LogP contribution in [0.25, 0.3) is 0 Å². The van der Waals surface area contributed by atoms with Gasteiger partial charge in [0.05, 0.1) is 20.8 Å². The van der Waals surface area contributed by atoms with E-state index in [1.807, 2.05) is 9.80 Å². The summed E-state index contributed by atoms with van der Waals surface area (Å²) in [5, 5.41) is 2.65. The number of nitrogens with one attached hydrogen (secondary N) is 1. The Morgan fingerprint density at radius 2 is 1.33 bits per heavy atom. The molecule has 0 saturated carbocycles. The molecule has 3 rings (SSSR count). The van der Waals surface area contributed by atoms with Crippen LogP contribution in [0.4, 0.5) is 4.79 Å². The molecule has 2 aliphatic rings. The van der Waals surface area contributed by atoms with Crippen LogP contribution in [0.15, 0.2) is 18.2 Å². The number of methoxy groups -OCH3 is 2. The minimum atomic E-state index is -0.375. The van der Waals surface area contributed by atoms with Crippen molar-refractivity contribution in [3.8, 4) is 11.5 Å². The lowest BCUT2D eigenvalue weighted by molar-refractivity contribution is -0.131. The number of piperazine rings is 1. The highest BCUT2D eigenvalue weighted by molar-refractivity contribution is 5.97. The summed E-state index contributed by atoms with van der Waals surface area (Å²) in [5.41, 5.74) is 0.357. The van der Waals surface area contributed by atoms with Gasteiger partial charge in [0, 0.05) is 50.9 Å². The maximum atomic E-state index is 12.6. The zero-order valence-electron chi connectivity index (χ0n) is 17.7. The molecular formula is C21H30N4O5. The Labute approximate surface area is 176 Å². The van der Waals surface area contributed by atoms with Crippen molar-refractivity contribution in [1.29, 1.82) is 0 Å². The Bertz CT molecular complexity index is 748. The minimum Gasteiger partial charge on any atom is -0.497 e. The number of urea groups is 1. The maximum Gasteiger partial charge on any atom is 0.320 e. The topological polar surface area (TPSA) is 91.4 Å². The van der Waals surface area contributed by atoms with Gasteiger partial charge in [0.1, 0.15) is 11.5 Å². The first kappa shape index (κ1) is 21.7. The van der Waals surface area contributed by atoms with Gasteiger partial charge in [-0.25, -0.2) is 4.79 Å². The van der Waals surface area contributed by atoms with Gasteiger partial charge < -0.3 is 29.5 Å². The molecule has 0 unspecified atom stereocenters. The number of piperidine rings is 1. The van der Waals surface area contributed by atoms with Gasteiger partial charge >= 0.3 is 6.03 Å². The van der Waals surface area contributed by atoms with Gasteiger partial charge in [0.15, 0.2) is 0 Å². The third kappa shape index (κ3) is 5.34. The number of hydrogen-bond donors (Lipinski definition) is 1. The van der Waals surface area contributed by atoms with Crippen molar-refractivity contribution in [3.05, 3.63) is 23.8 Å². The van der Waals surface area contributed by atoms with Crippen molar-refractivity contribution in [3.63, 3.8) is 0 Å². The number of carbonyl (C=O) groups is 3. The lowest BCUT2D eigenvalue weighted by Gasteiger charge is -2.38. The monoisotopic (exact) mass is 418 g/mol. The van der Waals surface area contributed by atoms with Crippen molar-refractivity contribution in [1.82, 2.24) is 20.0 Å². The van der Waals surface area contributed by atoms with Crippen molar-refractivity contribution in [2.45, 2.75) is 19.3 Å².